The van der Waals surface area contributed by atoms with Gasteiger partial charge < -0.3 is 15.2 Å². The number of nitrogens with one attached hydrogen (secondary N) is 2. The Hall–Kier alpha value is -2.56. The van der Waals surface area contributed by atoms with Crippen molar-refractivity contribution in [3.8, 4) is 0 Å². The number of anilines is 2. The summed E-state index contributed by atoms with van der Waals surface area (Å²) in [5, 5.41) is 6.05. The van der Waals surface area contributed by atoms with E-state index >= 15 is 0 Å². The Morgan fingerprint density at radius 1 is 0.962 bits per heavy atom. The van der Waals surface area contributed by atoms with E-state index in [0.29, 0.717) is 11.7 Å². The molecule has 2 aliphatic carbocycles. The van der Waals surface area contributed by atoms with Crippen molar-refractivity contribution < 1.29 is 9.59 Å². The first-order chi connectivity index (χ1) is 12.6. The number of nitrogens with zero attached hydrogens (tertiary/aromatic N) is 1. The zero-order valence-electron chi connectivity index (χ0n) is 15.1. The van der Waals surface area contributed by atoms with E-state index in [4.69, 9.17) is 0 Å². The first-order valence-electron chi connectivity index (χ1n) is 9.52. The molecule has 5 nitrogen and oxygen atoms in total. The summed E-state index contributed by atoms with van der Waals surface area (Å²) in [6.45, 7) is 1.93. The average molecular weight is 351 g/mol. The average Bonchev–Trinajstić information content (AvgIpc) is 3.13. The van der Waals surface area contributed by atoms with Crippen molar-refractivity contribution in [3.05, 3.63) is 47.8 Å². The molecule has 0 unspecified atom stereocenters. The first-order valence-corrected chi connectivity index (χ1v) is 9.52. The van der Waals surface area contributed by atoms with Gasteiger partial charge in [0.2, 0.25) is 5.91 Å². The summed E-state index contributed by atoms with van der Waals surface area (Å²) in [7, 11) is 0. The second-order valence-corrected chi connectivity index (χ2v) is 7.43. The molecule has 0 radical (unpaired) electrons. The van der Waals surface area contributed by atoms with Crippen LogP contribution >= 0.6 is 0 Å². The molecule has 4 rings (SSSR count). The smallest absolute Gasteiger partial charge is 0.272 e. The summed E-state index contributed by atoms with van der Waals surface area (Å²) < 4.78 is 2.05. The van der Waals surface area contributed by atoms with Crippen LogP contribution in [0.3, 0.4) is 0 Å². The van der Waals surface area contributed by atoms with Gasteiger partial charge in [0.15, 0.2) is 0 Å². The topological polar surface area (TPSA) is 63.1 Å². The van der Waals surface area contributed by atoms with Gasteiger partial charge >= 0.3 is 0 Å². The molecule has 2 saturated carbocycles. The van der Waals surface area contributed by atoms with Gasteiger partial charge in [-0.15, -0.1) is 0 Å². The van der Waals surface area contributed by atoms with Crippen molar-refractivity contribution >= 4 is 23.2 Å². The minimum Gasteiger partial charge on any atom is -0.340 e. The van der Waals surface area contributed by atoms with E-state index in [2.05, 4.69) is 15.2 Å². The van der Waals surface area contributed by atoms with Crippen molar-refractivity contribution in [2.24, 2.45) is 5.92 Å². The molecule has 2 N–H and O–H groups in total. The van der Waals surface area contributed by atoms with E-state index in [-0.39, 0.29) is 17.7 Å². The van der Waals surface area contributed by atoms with Crippen molar-refractivity contribution in [2.45, 2.75) is 51.5 Å². The van der Waals surface area contributed by atoms with Gasteiger partial charge in [-0.25, -0.2) is 0 Å². The lowest BCUT2D eigenvalue weighted by Crippen LogP contribution is -2.21. The Morgan fingerprint density at radius 2 is 1.65 bits per heavy atom. The molecule has 5 heteroatoms. The molecule has 2 aromatic rings. The quantitative estimate of drug-likeness (QED) is 0.832. The predicted octanol–water partition coefficient (Wildman–Crippen LogP) is 4.51. The minimum atomic E-state index is -0.107. The lowest BCUT2D eigenvalue weighted by atomic mass is 10.1. The molecule has 136 valence electrons. The highest BCUT2D eigenvalue weighted by Gasteiger charge is 2.27. The molecule has 0 aliphatic heterocycles. The fraction of sp³-hybridized carbons (Fsp3) is 0.429. The number of hydrogen-bond acceptors (Lipinski definition) is 2. The number of amides is 2. The number of carbonyl (C=O) groups excluding carboxylic acids is 2. The Morgan fingerprint density at radius 3 is 2.35 bits per heavy atom. The van der Waals surface area contributed by atoms with E-state index in [1.54, 1.807) is 0 Å². The summed E-state index contributed by atoms with van der Waals surface area (Å²) in [5.74, 6) is 0.107. The Balaban J connectivity index is 1.49. The van der Waals surface area contributed by atoms with Gasteiger partial charge in [0.25, 0.3) is 5.91 Å². The molecule has 1 aromatic heterocycles. The first kappa shape index (κ1) is 16.9. The van der Waals surface area contributed by atoms with Crippen molar-refractivity contribution in [1.29, 1.82) is 0 Å². The minimum absolute atomic E-state index is 0.0942. The van der Waals surface area contributed by atoms with Gasteiger partial charge in [-0.2, -0.15) is 0 Å². The molecule has 0 atom stereocenters. The highest BCUT2D eigenvalue weighted by Crippen LogP contribution is 2.36. The molecule has 0 bridgehead atoms. The maximum absolute atomic E-state index is 12.7. The van der Waals surface area contributed by atoms with Crippen LogP contribution in [0, 0.1) is 12.8 Å². The zero-order chi connectivity index (χ0) is 18.1. The number of rotatable bonds is 5. The van der Waals surface area contributed by atoms with Crippen LogP contribution in [0.1, 0.15) is 60.6 Å². The van der Waals surface area contributed by atoms with E-state index < -0.39 is 0 Å². The van der Waals surface area contributed by atoms with Crippen molar-refractivity contribution in [2.75, 3.05) is 10.6 Å². The van der Waals surface area contributed by atoms with Crippen LogP contribution < -0.4 is 10.6 Å². The Bertz CT molecular complexity index is 830. The highest BCUT2D eigenvalue weighted by atomic mass is 16.2. The lowest BCUT2D eigenvalue weighted by molar-refractivity contribution is -0.119. The van der Waals surface area contributed by atoms with Crippen molar-refractivity contribution in [1.82, 2.24) is 4.57 Å². The van der Waals surface area contributed by atoms with Gasteiger partial charge in [0.1, 0.15) is 5.69 Å². The van der Waals surface area contributed by atoms with E-state index in [0.717, 1.165) is 55.5 Å². The Kier molecular flexibility index (Phi) is 4.53. The zero-order valence-corrected chi connectivity index (χ0v) is 15.1. The SMILES string of the molecule is Cc1c(NC(=O)c2cccn2C2CC2)cccc1NC(=O)C1CCCC1. The summed E-state index contributed by atoms with van der Waals surface area (Å²) >= 11 is 0. The predicted molar refractivity (Wildman–Crippen MR) is 102 cm³/mol. The third-order valence-corrected chi connectivity index (χ3v) is 5.52. The molecule has 0 spiro atoms. The molecule has 1 heterocycles. The van der Waals surface area contributed by atoms with Crippen LogP contribution in [0.15, 0.2) is 36.5 Å². The largest absolute Gasteiger partial charge is 0.340 e. The van der Waals surface area contributed by atoms with Crippen LogP contribution in [0.25, 0.3) is 0 Å². The summed E-state index contributed by atoms with van der Waals surface area (Å²) in [5.41, 5.74) is 3.09. The van der Waals surface area contributed by atoms with Gasteiger partial charge in [-0.05, 0) is 62.4 Å². The van der Waals surface area contributed by atoms with Gasteiger partial charge in [0, 0.05) is 29.5 Å². The van der Waals surface area contributed by atoms with Crippen molar-refractivity contribution in [3.63, 3.8) is 0 Å². The van der Waals surface area contributed by atoms with Gasteiger partial charge in [-0.3, -0.25) is 9.59 Å². The number of carbonyl (C=O) groups is 2. The molecule has 2 aliphatic rings. The highest BCUT2D eigenvalue weighted by molar-refractivity contribution is 6.04. The van der Waals surface area contributed by atoms with Crippen LogP contribution in [-0.2, 0) is 4.79 Å². The molecule has 26 heavy (non-hydrogen) atoms. The van der Waals surface area contributed by atoms with Gasteiger partial charge in [0.05, 0.1) is 0 Å². The number of aromatic nitrogens is 1. The van der Waals surface area contributed by atoms with Gasteiger partial charge in [-0.1, -0.05) is 18.9 Å². The standard InChI is InChI=1S/C21H25N3O2/c1-14-17(22-20(25)15-6-2-3-7-15)8-4-9-18(14)23-21(26)19-10-5-13-24(19)16-11-12-16/h4-5,8-10,13,15-16H,2-3,6-7,11-12H2,1H3,(H,22,25)(H,23,26). The lowest BCUT2D eigenvalue weighted by Gasteiger charge is -2.16. The summed E-state index contributed by atoms with van der Waals surface area (Å²) in [6, 6.07) is 9.87. The fourth-order valence-electron chi connectivity index (χ4n) is 3.77. The maximum Gasteiger partial charge on any atom is 0.272 e. The second kappa shape index (κ2) is 6.98. The molecule has 0 saturated heterocycles. The van der Waals surface area contributed by atoms with Crippen LogP contribution in [-0.4, -0.2) is 16.4 Å². The molecule has 1 aromatic carbocycles. The molecular formula is C21H25N3O2. The number of benzene rings is 1. The van der Waals surface area contributed by atoms with E-state index in [1.165, 1.54) is 0 Å². The van der Waals surface area contributed by atoms with Crippen LogP contribution in [0.4, 0.5) is 11.4 Å². The third kappa shape index (κ3) is 3.39. The second-order valence-electron chi connectivity index (χ2n) is 7.43. The monoisotopic (exact) mass is 351 g/mol. The molecule has 2 fully saturated rings. The fourth-order valence-corrected chi connectivity index (χ4v) is 3.77. The Labute approximate surface area is 153 Å². The normalized spacial score (nSPS) is 17.3. The molecular weight excluding hydrogens is 326 g/mol. The third-order valence-electron chi connectivity index (χ3n) is 5.52. The van der Waals surface area contributed by atoms with Crippen LogP contribution in [0.5, 0.6) is 0 Å². The molecule has 2 amide bonds. The van der Waals surface area contributed by atoms with Crippen LogP contribution in [0.2, 0.25) is 0 Å². The summed E-state index contributed by atoms with van der Waals surface area (Å²) in [4.78, 5) is 25.1. The summed E-state index contributed by atoms with van der Waals surface area (Å²) in [6.07, 6.45) is 8.45. The number of hydrogen-bond donors (Lipinski definition) is 2. The maximum atomic E-state index is 12.7. The van der Waals surface area contributed by atoms with E-state index in [1.807, 2.05) is 43.5 Å². The van der Waals surface area contributed by atoms with E-state index in [9.17, 15) is 9.59 Å².